The number of hydrazine groups is 1. The Morgan fingerprint density at radius 2 is 1.64 bits per heavy atom. The number of hydrogen-bond acceptors (Lipinski definition) is 7. The van der Waals surface area contributed by atoms with Crippen LogP contribution in [0.1, 0.15) is 16.2 Å². The number of aromatic nitrogens is 2. The highest BCUT2D eigenvalue weighted by Crippen LogP contribution is 2.38. The molecule has 3 rings (SSSR count). The summed E-state index contributed by atoms with van der Waals surface area (Å²) < 4.78 is 44.2. The Balaban J connectivity index is 2.26. The molecule has 1 heterocycles. The van der Waals surface area contributed by atoms with Crippen LogP contribution in [-0.2, 0) is 10.4 Å². The van der Waals surface area contributed by atoms with Crippen molar-refractivity contribution in [3.05, 3.63) is 66.0 Å². The van der Waals surface area contributed by atoms with E-state index in [0.29, 0.717) is 16.7 Å². The number of carbonyl (C=O) groups excluding carboxylic acids is 1. The van der Waals surface area contributed by atoms with E-state index >= 15 is 0 Å². The number of carbonyl (C=O) groups is 1. The summed E-state index contributed by atoms with van der Waals surface area (Å²) in [5.41, 5.74) is 3.60. The molecule has 2 aromatic carbocycles. The number of hydrogen-bond donors (Lipinski definition) is 3. The first kappa shape index (κ1) is 19.6. The highest BCUT2D eigenvalue weighted by atomic mass is 32.1. The molecule has 0 aliphatic carbocycles. The molecule has 0 aliphatic rings. The Hall–Kier alpha value is -3.11. The van der Waals surface area contributed by atoms with Crippen LogP contribution >= 0.6 is 12.9 Å². The van der Waals surface area contributed by atoms with Gasteiger partial charge < -0.3 is 9.61 Å². The Morgan fingerprint density at radius 3 is 2.18 bits per heavy atom. The number of anilines is 1. The number of benzene rings is 2. The molecule has 10 heteroatoms. The lowest BCUT2D eigenvalue weighted by molar-refractivity contribution is -0.144. The van der Waals surface area contributed by atoms with Gasteiger partial charge in [-0.25, -0.2) is 20.6 Å². The molecule has 3 aromatic rings. The summed E-state index contributed by atoms with van der Waals surface area (Å²) in [6, 6.07) is 14.3. The smallest absolute Gasteiger partial charge is 0.391 e. The number of nitrogens with two attached hydrogens (primary N) is 1. The average Bonchev–Trinajstić information content (AvgIpc) is 2.72. The number of thiol groups is 1. The Kier molecular flexibility index (Phi) is 5.52. The van der Waals surface area contributed by atoms with Gasteiger partial charge in [0.1, 0.15) is 0 Å². The van der Waals surface area contributed by atoms with Crippen LogP contribution in [0.15, 0.2) is 54.6 Å². The van der Waals surface area contributed by atoms with E-state index in [1.165, 1.54) is 24.3 Å². The fraction of sp³-hybridized carbons (Fsp3) is 0.0556. The SMILES string of the molecule is NNc1nc(C(F)(F)F)nc(-c2ccc(C(=O)OS)cc2)c1-c1ccccc1. The van der Waals surface area contributed by atoms with Gasteiger partial charge in [0.25, 0.3) is 0 Å². The van der Waals surface area contributed by atoms with Crippen LogP contribution in [0.2, 0.25) is 0 Å². The molecule has 0 bridgehead atoms. The predicted octanol–water partition coefficient (Wildman–Crippen LogP) is 4.12. The lowest BCUT2D eigenvalue weighted by atomic mass is 9.98. The number of nitrogen functional groups attached to an aromatic ring is 1. The molecule has 0 unspecified atom stereocenters. The molecule has 0 spiro atoms. The molecule has 0 radical (unpaired) electrons. The highest BCUT2D eigenvalue weighted by Gasteiger charge is 2.36. The van der Waals surface area contributed by atoms with Crippen molar-refractivity contribution in [3.8, 4) is 22.4 Å². The zero-order chi connectivity index (χ0) is 20.3. The Bertz CT molecular complexity index is 996. The standard InChI is InChI=1S/C18H13F3N4O2S/c19-18(20,21)17-23-14(11-6-8-12(9-7-11)16(26)27-28)13(15(24-17)25-22)10-4-2-1-3-5-10/h1-9,28H,22H2,(H,23,24,25). The van der Waals surface area contributed by atoms with Crippen molar-refractivity contribution < 1.29 is 22.1 Å². The Morgan fingerprint density at radius 1 is 1.00 bits per heavy atom. The van der Waals surface area contributed by atoms with Crippen LogP contribution in [0, 0.1) is 0 Å². The van der Waals surface area contributed by atoms with E-state index in [1.54, 1.807) is 30.3 Å². The van der Waals surface area contributed by atoms with E-state index in [4.69, 9.17) is 5.84 Å². The van der Waals surface area contributed by atoms with Gasteiger partial charge >= 0.3 is 12.1 Å². The largest absolute Gasteiger partial charge is 0.451 e. The fourth-order valence-electron chi connectivity index (χ4n) is 2.60. The van der Waals surface area contributed by atoms with Crippen molar-refractivity contribution in [2.45, 2.75) is 6.18 Å². The zero-order valence-corrected chi connectivity index (χ0v) is 15.0. The first-order valence-electron chi connectivity index (χ1n) is 7.82. The minimum Gasteiger partial charge on any atom is -0.391 e. The second-order valence-electron chi connectivity index (χ2n) is 5.58. The lowest BCUT2D eigenvalue weighted by Crippen LogP contribution is -2.18. The van der Waals surface area contributed by atoms with Crippen LogP contribution in [0.4, 0.5) is 19.0 Å². The molecule has 3 N–H and O–H groups in total. The third-order valence-corrected chi connectivity index (χ3v) is 4.00. The van der Waals surface area contributed by atoms with E-state index in [9.17, 15) is 18.0 Å². The molecule has 0 atom stereocenters. The van der Waals surface area contributed by atoms with Crippen LogP contribution in [0.3, 0.4) is 0 Å². The van der Waals surface area contributed by atoms with Gasteiger partial charge in [0.05, 0.1) is 16.8 Å². The maximum absolute atomic E-state index is 13.3. The van der Waals surface area contributed by atoms with Gasteiger partial charge in [0.15, 0.2) is 5.82 Å². The zero-order valence-electron chi connectivity index (χ0n) is 14.1. The predicted molar refractivity (Wildman–Crippen MR) is 100 cm³/mol. The number of alkyl halides is 3. The maximum Gasteiger partial charge on any atom is 0.451 e. The number of nitrogens with one attached hydrogen (secondary N) is 1. The number of rotatable bonds is 4. The number of nitrogens with zero attached hydrogens (tertiary/aromatic N) is 2. The minimum atomic E-state index is -4.77. The van der Waals surface area contributed by atoms with E-state index < -0.39 is 18.0 Å². The molecule has 144 valence electrons. The topological polar surface area (TPSA) is 90.1 Å². The molecule has 0 aliphatic heterocycles. The van der Waals surface area contributed by atoms with Gasteiger partial charge in [-0.05, 0) is 17.7 Å². The summed E-state index contributed by atoms with van der Waals surface area (Å²) in [6.45, 7) is 0. The van der Waals surface area contributed by atoms with E-state index in [1.807, 2.05) is 0 Å². The Labute approximate surface area is 163 Å². The normalized spacial score (nSPS) is 11.2. The first-order chi connectivity index (χ1) is 13.3. The third kappa shape index (κ3) is 3.92. The highest BCUT2D eigenvalue weighted by molar-refractivity contribution is 7.75. The van der Waals surface area contributed by atoms with E-state index in [-0.39, 0.29) is 17.1 Å². The van der Waals surface area contributed by atoms with Gasteiger partial charge in [-0.1, -0.05) is 42.5 Å². The molecule has 0 fully saturated rings. The molecule has 0 saturated carbocycles. The van der Waals surface area contributed by atoms with Crippen molar-refractivity contribution in [2.24, 2.45) is 5.84 Å². The fourth-order valence-corrected chi connectivity index (χ4v) is 2.70. The molecule has 0 amide bonds. The van der Waals surface area contributed by atoms with Crippen LogP contribution in [-0.4, -0.2) is 15.9 Å². The van der Waals surface area contributed by atoms with Crippen LogP contribution in [0.5, 0.6) is 0 Å². The summed E-state index contributed by atoms with van der Waals surface area (Å²) >= 11 is 3.44. The molecule has 6 nitrogen and oxygen atoms in total. The first-order valence-corrected chi connectivity index (χ1v) is 8.19. The van der Waals surface area contributed by atoms with Crippen LogP contribution < -0.4 is 11.3 Å². The van der Waals surface area contributed by atoms with Gasteiger partial charge in [-0.15, -0.1) is 0 Å². The maximum atomic E-state index is 13.3. The van der Waals surface area contributed by atoms with Crippen molar-refractivity contribution in [1.82, 2.24) is 9.97 Å². The summed E-state index contributed by atoms with van der Waals surface area (Å²) in [7, 11) is 0. The van der Waals surface area contributed by atoms with Gasteiger partial charge in [-0.3, -0.25) is 0 Å². The number of halogens is 3. The summed E-state index contributed by atoms with van der Waals surface area (Å²) in [4.78, 5) is 18.8. The lowest BCUT2D eigenvalue weighted by Gasteiger charge is -2.16. The van der Waals surface area contributed by atoms with Crippen molar-refractivity contribution in [3.63, 3.8) is 0 Å². The quantitative estimate of drug-likeness (QED) is 0.261. The van der Waals surface area contributed by atoms with Gasteiger partial charge in [0, 0.05) is 18.5 Å². The van der Waals surface area contributed by atoms with Crippen molar-refractivity contribution in [2.75, 3.05) is 5.43 Å². The monoisotopic (exact) mass is 406 g/mol. The molecule has 1 aromatic heterocycles. The van der Waals surface area contributed by atoms with E-state index in [2.05, 4.69) is 32.5 Å². The second-order valence-corrected chi connectivity index (χ2v) is 5.77. The summed E-state index contributed by atoms with van der Waals surface area (Å²) in [5.74, 6) is 3.24. The van der Waals surface area contributed by atoms with E-state index in [0.717, 1.165) is 0 Å². The van der Waals surface area contributed by atoms with Gasteiger partial charge in [0.2, 0.25) is 5.82 Å². The summed E-state index contributed by atoms with van der Waals surface area (Å²) in [5, 5.41) is 0. The van der Waals surface area contributed by atoms with Crippen molar-refractivity contribution in [1.29, 1.82) is 0 Å². The molecule has 0 saturated heterocycles. The second kappa shape index (κ2) is 7.87. The molecular weight excluding hydrogens is 393 g/mol. The van der Waals surface area contributed by atoms with Gasteiger partial charge in [-0.2, -0.15) is 13.2 Å². The molecular formula is C18H13F3N4O2S. The summed E-state index contributed by atoms with van der Waals surface area (Å²) in [6.07, 6.45) is -4.77. The minimum absolute atomic E-state index is 0.00673. The third-order valence-electron chi connectivity index (χ3n) is 3.84. The average molecular weight is 406 g/mol. The van der Waals surface area contributed by atoms with Crippen LogP contribution in [0.25, 0.3) is 22.4 Å². The molecule has 28 heavy (non-hydrogen) atoms. The van der Waals surface area contributed by atoms with Crippen molar-refractivity contribution >= 4 is 24.7 Å².